The number of hydrogen-bond acceptors (Lipinski definition) is 1. The van der Waals surface area contributed by atoms with Gasteiger partial charge in [-0.3, -0.25) is 0 Å². The van der Waals surface area contributed by atoms with Gasteiger partial charge in [-0.2, -0.15) is 0 Å². The lowest BCUT2D eigenvalue weighted by Gasteiger charge is -2.26. The maximum atomic E-state index is 2.34. The molecule has 0 amide bonds. The quantitative estimate of drug-likeness (QED) is 0.155. The van der Waals surface area contributed by atoms with E-state index in [0.717, 1.165) is 17.1 Å². The van der Waals surface area contributed by atoms with Crippen LogP contribution in [0.5, 0.6) is 0 Å². The predicted octanol–water partition coefficient (Wildman–Crippen LogP) is 14.6. The van der Waals surface area contributed by atoms with Crippen LogP contribution in [0.25, 0.3) is 66.4 Å². The summed E-state index contributed by atoms with van der Waals surface area (Å²) in [6.45, 7) is 0. The molecule has 0 heterocycles. The molecule has 0 spiro atoms. The Kier molecular flexibility index (Phi) is 8.66. The molecule has 250 valence electrons. The molecule has 0 fully saturated rings. The van der Waals surface area contributed by atoms with Crippen molar-refractivity contribution in [2.24, 2.45) is 0 Å². The van der Waals surface area contributed by atoms with Crippen LogP contribution >= 0.6 is 0 Å². The smallest absolute Gasteiger partial charge is 0.0462 e. The summed E-state index contributed by atoms with van der Waals surface area (Å²) in [5.41, 5.74) is 15.4. The minimum absolute atomic E-state index is 1.10. The Morgan fingerprint density at radius 2 is 0.585 bits per heavy atom. The van der Waals surface area contributed by atoms with Crippen molar-refractivity contribution in [1.82, 2.24) is 0 Å². The fourth-order valence-electron chi connectivity index (χ4n) is 7.42. The van der Waals surface area contributed by atoms with E-state index in [-0.39, 0.29) is 0 Å². The molecule has 0 bridgehead atoms. The van der Waals surface area contributed by atoms with Crippen molar-refractivity contribution < 1.29 is 0 Å². The van der Waals surface area contributed by atoms with Crippen LogP contribution in [0.15, 0.2) is 224 Å². The van der Waals surface area contributed by atoms with E-state index in [4.69, 9.17) is 0 Å². The van der Waals surface area contributed by atoms with Crippen LogP contribution in [0.1, 0.15) is 0 Å². The Morgan fingerprint density at radius 1 is 0.226 bits per heavy atom. The van der Waals surface area contributed by atoms with Crippen LogP contribution in [-0.2, 0) is 0 Å². The normalized spacial score (nSPS) is 11.0. The Balaban J connectivity index is 1.08. The van der Waals surface area contributed by atoms with Gasteiger partial charge >= 0.3 is 0 Å². The van der Waals surface area contributed by atoms with Gasteiger partial charge in [-0.05, 0) is 109 Å². The van der Waals surface area contributed by atoms with Crippen molar-refractivity contribution in [2.75, 3.05) is 4.90 Å². The minimum atomic E-state index is 1.10. The second-order valence-corrected chi connectivity index (χ2v) is 13.4. The van der Waals surface area contributed by atoms with Crippen molar-refractivity contribution in [3.8, 4) is 55.6 Å². The molecule has 0 unspecified atom stereocenters. The topological polar surface area (TPSA) is 3.24 Å². The minimum Gasteiger partial charge on any atom is -0.311 e. The maximum Gasteiger partial charge on any atom is 0.0462 e. The van der Waals surface area contributed by atoms with E-state index in [1.807, 2.05) is 0 Å². The highest BCUT2D eigenvalue weighted by molar-refractivity contribution is 5.98. The predicted molar refractivity (Wildman–Crippen MR) is 226 cm³/mol. The molecule has 0 aliphatic heterocycles. The molecule has 0 aliphatic rings. The summed E-state index contributed by atoms with van der Waals surface area (Å²) >= 11 is 0. The Labute approximate surface area is 311 Å². The average molecular weight is 676 g/mol. The Bertz CT molecular complexity index is 2530. The van der Waals surface area contributed by atoms with E-state index in [0.29, 0.717) is 0 Å². The Hall–Kier alpha value is -6.96. The fourth-order valence-corrected chi connectivity index (χ4v) is 7.42. The molecule has 0 saturated carbocycles. The van der Waals surface area contributed by atoms with Gasteiger partial charge in [-0.1, -0.05) is 182 Å². The molecule has 9 aromatic carbocycles. The number of benzene rings is 9. The van der Waals surface area contributed by atoms with Gasteiger partial charge in [0.1, 0.15) is 0 Å². The lowest BCUT2D eigenvalue weighted by atomic mass is 9.91. The standard InChI is InChI=1S/C52H37N/c1-3-13-38(14-4-1)40-25-31-46(32-26-40)53(47-33-27-41(28-34-47)39-15-5-2-6-16-39)48-35-29-43(30-36-48)50-22-9-10-23-51(50)44-19-11-20-45(37-44)52-24-12-18-42-17-7-8-21-49(42)52/h1-37H. The SMILES string of the molecule is c1ccc(-c2ccc(N(c3ccc(-c4ccccc4)cc3)c3ccc(-c4ccccc4-c4cccc(-c5cccc6ccccc56)c4)cc3)cc2)cc1. The van der Waals surface area contributed by atoms with Crippen LogP contribution in [0.4, 0.5) is 17.1 Å². The maximum absolute atomic E-state index is 2.34. The third-order valence-corrected chi connectivity index (χ3v) is 10.1. The van der Waals surface area contributed by atoms with E-state index in [9.17, 15) is 0 Å². The van der Waals surface area contributed by atoms with Crippen LogP contribution in [0.2, 0.25) is 0 Å². The Morgan fingerprint density at radius 3 is 1.15 bits per heavy atom. The highest BCUT2D eigenvalue weighted by Crippen LogP contribution is 2.40. The summed E-state index contributed by atoms with van der Waals surface area (Å²) in [6, 6.07) is 80.7. The fraction of sp³-hybridized carbons (Fsp3) is 0. The number of fused-ring (bicyclic) bond motifs is 1. The molecule has 0 saturated heterocycles. The summed E-state index contributed by atoms with van der Waals surface area (Å²) in [7, 11) is 0. The summed E-state index contributed by atoms with van der Waals surface area (Å²) in [6.07, 6.45) is 0. The molecule has 9 rings (SSSR count). The van der Waals surface area contributed by atoms with Gasteiger partial charge in [0, 0.05) is 17.1 Å². The van der Waals surface area contributed by atoms with Crippen LogP contribution < -0.4 is 4.90 Å². The lowest BCUT2D eigenvalue weighted by molar-refractivity contribution is 1.28. The molecule has 0 aromatic heterocycles. The van der Waals surface area contributed by atoms with E-state index in [2.05, 4.69) is 229 Å². The van der Waals surface area contributed by atoms with Crippen LogP contribution in [0, 0.1) is 0 Å². The van der Waals surface area contributed by atoms with Crippen LogP contribution in [-0.4, -0.2) is 0 Å². The third-order valence-electron chi connectivity index (χ3n) is 10.1. The van der Waals surface area contributed by atoms with Gasteiger partial charge in [-0.25, -0.2) is 0 Å². The van der Waals surface area contributed by atoms with Crippen molar-refractivity contribution in [3.05, 3.63) is 224 Å². The zero-order valence-corrected chi connectivity index (χ0v) is 29.3. The van der Waals surface area contributed by atoms with Gasteiger partial charge in [0.15, 0.2) is 0 Å². The van der Waals surface area contributed by atoms with E-state index in [1.165, 1.54) is 66.4 Å². The summed E-state index contributed by atoms with van der Waals surface area (Å²) < 4.78 is 0. The van der Waals surface area contributed by atoms with Gasteiger partial charge in [0.2, 0.25) is 0 Å². The number of rotatable bonds is 8. The van der Waals surface area contributed by atoms with Crippen LogP contribution in [0.3, 0.4) is 0 Å². The summed E-state index contributed by atoms with van der Waals surface area (Å²) in [5, 5.41) is 2.52. The number of anilines is 3. The highest BCUT2D eigenvalue weighted by atomic mass is 15.1. The molecule has 0 radical (unpaired) electrons. The first kappa shape index (κ1) is 32.0. The first-order valence-corrected chi connectivity index (χ1v) is 18.2. The van der Waals surface area contributed by atoms with Gasteiger partial charge in [0.25, 0.3) is 0 Å². The zero-order valence-electron chi connectivity index (χ0n) is 29.3. The molecule has 1 nitrogen and oxygen atoms in total. The second-order valence-electron chi connectivity index (χ2n) is 13.4. The first-order valence-electron chi connectivity index (χ1n) is 18.2. The van der Waals surface area contributed by atoms with Crippen molar-refractivity contribution in [3.63, 3.8) is 0 Å². The zero-order chi connectivity index (χ0) is 35.4. The number of hydrogen-bond donors (Lipinski definition) is 0. The molecule has 0 atom stereocenters. The molecule has 9 aromatic rings. The van der Waals surface area contributed by atoms with Gasteiger partial charge in [-0.15, -0.1) is 0 Å². The van der Waals surface area contributed by atoms with E-state index >= 15 is 0 Å². The molecular weight excluding hydrogens is 639 g/mol. The summed E-state index contributed by atoms with van der Waals surface area (Å²) in [4.78, 5) is 2.34. The van der Waals surface area contributed by atoms with E-state index < -0.39 is 0 Å². The summed E-state index contributed by atoms with van der Waals surface area (Å²) in [5.74, 6) is 0. The number of nitrogens with zero attached hydrogens (tertiary/aromatic N) is 1. The molecule has 53 heavy (non-hydrogen) atoms. The largest absolute Gasteiger partial charge is 0.311 e. The molecule has 0 N–H and O–H groups in total. The lowest BCUT2D eigenvalue weighted by Crippen LogP contribution is -2.09. The van der Waals surface area contributed by atoms with Gasteiger partial charge < -0.3 is 4.90 Å². The monoisotopic (exact) mass is 675 g/mol. The van der Waals surface area contributed by atoms with Crippen molar-refractivity contribution >= 4 is 27.8 Å². The third kappa shape index (κ3) is 6.53. The first-order chi connectivity index (χ1) is 26.3. The molecular formula is C52H37N. The van der Waals surface area contributed by atoms with E-state index in [1.54, 1.807) is 0 Å². The second kappa shape index (κ2) is 14.3. The van der Waals surface area contributed by atoms with Gasteiger partial charge in [0.05, 0.1) is 0 Å². The van der Waals surface area contributed by atoms with Crippen molar-refractivity contribution in [1.29, 1.82) is 0 Å². The molecule has 1 heteroatoms. The van der Waals surface area contributed by atoms with Crippen molar-refractivity contribution in [2.45, 2.75) is 0 Å². The highest BCUT2D eigenvalue weighted by Gasteiger charge is 2.15. The molecule has 0 aliphatic carbocycles. The average Bonchev–Trinajstić information content (AvgIpc) is 3.25.